The summed E-state index contributed by atoms with van der Waals surface area (Å²) in [6, 6.07) is 14.9. The summed E-state index contributed by atoms with van der Waals surface area (Å²) < 4.78 is 0. The fourth-order valence-electron chi connectivity index (χ4n) is 2.69. The summed E-state index contributed by atoms with van der Waals surface area (Å²) in [5.41, 5.74) is 3.37. The van der Waals surface area contributed by atoms with E-state index in [0.717, 1.165) is 29.6 Å². The number of aromatic nitrogens is 2. The van der Waals surface area contributed by atoms with Gasteiger partial charge in [0.15, 0.2) is 0 Å². The first-order valence-electron chi connectivity index (χ1n) is 8.59. The number of para-hydroxylation sites is 2. The summed E-state index contributed by atoms with van der Waals surface area (Å²) >= 11 is 0. The van der Waals surface area contributed by atoms with Crippen molar-refractivity contribution in [3.63, 3.8) is 0 Å². The van der Waals surface area contributed by atoms with Crippen molar-refractivity contribution in [2.45, 2.75) is 19.4 Å². The molecule has 3 aromatic rings. The molecular formula is C20H18N4O2. The van der Waals surface area contributed by atoms with Gasteiger partial charge in [0.05, 0.1) is 17.2 Å². The number of carbonyl (C=O) groups excluding carboxylic acids is 2. The Hall–Kier alpha value is -3.28. The van der Waals surface area contributed by atoms with Gasteiger partial charge in [-0.25, -0.2) is 4.98 Å². The molecule has 0 radical (unpaired) electrons. The third-order valence-corrected chi connectivity index (χ3v) is 4.28. The lowest BCUT2D eigenvalue weighted by Crippen LogP contribution is -2.24. The predicted octanol–water partition coefficient (Wildman–Crippen LogP) is 2.91. The molecule has 4 rings (SSSR count). The summed E-state index contributed by atoms with van der Waals surface area (Å²) in [6.07, 6.45) is 3.41. The molecule has 130 valence electrons. The number of fused-ring (bicyclic) bond motifs is 1. The molecule has 2 amide bonds. The molecule has 6 heteroatoms. The lowest BCUT2D eigenvalue weighted by molar-refractivity contribution is -0.117. The first-order valence-corrected chi connectivity index (χ1v) is 8.59. The summed E-state index contributed by atoms with van der Waals surface area (Å²) in [5.74, 6) is -0.0573. The number of amides is 2. The molecule has 0 unspecified atom stereocenters. The molecule has 0 atom stereocenters. The molecular weight excluding hydrogens is 328 g/mol. The van der Waals surface area contributed by atoms with Gasteiger partial charge in [-0.15, -0.1) is 0 Å². The minimum atomic E-state index is -0.282. The van der Waals surface area contributed by atoms with E-state index in [1.807, 2.05) is 48.5 Å². The minimum absolute atomic E-state index is 0.0672. The molecule has 1 aliphatic carbocycles. The van der Waals surface area contributed by atoms with Gasteiger partial charge in [0.1, 0.15) is 5.69 Å². The third-order valence-electron chi connectivity index (χ3n) is 4.28. The van der Waals surface area contributed by atoms with Crippen LogP contribution in [0.25, 0.3) is 11.0 Å². The lowest BCUT2D eigenvalue weighted by Gasteiger charge is -2.08. The van der Waals surface area contributed by atoms with E-state index in [9.17, 15) is 9.59 Å². The number of rotatable bonds is 5. The summed E-state index contributed by atoms with van der Waals surface area (Å²) in [6.45, 7) is 0.348. The summed E-state index contributed by atoms with van der Waals surface area (Å²) in [4.78, 5) is 32.8. The molecule has 1 aromatic heterocycles. The molecule has 1 aliphatic rings. The van der Waals surface area contributed by atoms with Crippen LogP contribution < -0.4 is 10.6 Å². The Labute approximate surface area is 150 Å². The van der Waals surface area contributed by atoms with Crippen LogP contribution in [0.3, 0.4) is 0 Å². The smallest absolute Gasteiger partial charge is 0.271 e. The average molecular weight is 346 g/mol. The van der Waals surface area contributed by atoms with E-state index in [-0.39, 0.29) is 23.4 Å². The standard InChI is InChI=1S/C20H18N4O2/c25-19(14-8-9-14)23-15-5-3-4-13(10-15)11-22-20(26)18-12-21-16-6-1-2-7-17(16)24-18/h1-7,10,12,14H,8-9,11H2,(H,22,26)(H,23,25). The van der Waals surface area contributed by atoms with Crippen molar-refractivity contribution in [1.29, 1.82) is 0 Å². The highest BCUT2D eigenvalue weighted by Crippen LogP contribution is 2.30. The normalized spacial score (nSPS) is 13.4. The van der Waals surface area contributed by atoms with Gasteiger partial charge in [-0.1, -0.05) is 24.3 Å². The number of carbonyl (C=O) groups is 2. The molecule has 1 saturated carbocycles. The monoisotopic (exact) mass is 346 g/mol. The van der Waals surface area contributed by atoms with Crippen molar-refractivity contribution in [3.8, 4) is 0 Å². The van der Waals surface area contributed by atoms with Crippen LogP contribution in [0.15, 0.2) is 54.7 Å². The number of nitrogens with one attached hydrogen (secondary N) is 2. The summed E-state index contributed by atoms with van der Waals surface area (Å²) in [5, 5.41) is 5.75. The Kier molecular flexibility index (Phi) is 4.31. The maximum atomic E-state index is 12.3. The zero-order valence-corrected chi connectivity index (χ0v) is 14.1. The maximum absolute atomic E-state index is 12.3. The van der Waals surface area contributed by atoms with Gasteiger partial charge in [-0.05, 0) is 42.7 Å². The molecule has 0 spiro atoms. The first-order chi connectivity index (χ1) is 12.7. The topological polar surface area (TPSA) is 84.0 Å². The zero-order valence-electron chi connectivity index (χ0n) is 14.1. The Bertz CT molecular complexity index is 982. The molecule has 2 aromatic carbocycles. The van der Waals surface area contributed by atoms with Crippen molar-refractivity contribution in [2.75, 3.05) is 5.32 Å². The number of benzene rings is 2. The van der Waals surface area contributed by atoms with E-state index in [1.165, 1.54) is 6.20 Å². The minimum Gasteiger partial charge on any atom is -0.347 e. The van der Waals surface area contributed by atoms with Crippen LogP contribution in [-0.4, -0.2) is 21.8 Å². The molecule has 0 aliphatic heterocycles. The van der Waals surface area contributed by atoms with Crippen molar-refractivity contribution >= 4 is 28.5 Å². The molecule has 0 saturated heterocycles. The number of hydrogen-bond acceptors (Lipinski definition) is 4. The van der Waals surface area contributed by atoms with E-state index in [4.69, 9.17) is 0 Å². The van der Waals surface area contributed by atoms with E-state index >= 15 is 0 Å². The second kappa shape index (κ2) is 6.92. The number of nitrogens with zero attached hydrogens (tertiary/aromatic N) is 2. The van der Waals surface area contributed by atoms with E-state index in [2.05, 4.69) is 20.6 Å². The first kappa shape index (κ1) is 16.2. The molecule has 6 nitrogen and oxygen atoms in total. The van der Waals surface area contributed by atoms with E-state index < -0.39 is 0 Å². The molecule has 1 heterocycles. The molecule has 2 N–H and O–H groups in total. The second-order valence-electron chi connectivity index (χ2n) is 6.39. The van der Waals surface area contributed by atoms with Gasteiger partial charge in [-0.2, -0.15) is 0 Å². The van der Waals surface area contributed by atoms with Gasteiger partial charge in [0, 0.05) is 18.2 Å². The van der Waals surface area contributed by atoms with Crippen LogP contribution in [-0.2, 0) is 11.3 Å². The van der Waals surface area contributed by atoms with Crippen LogP contribution in [0.1, 0.15) is 28.9 Å². The van der Waals surface area contributed by atoms with E-state index in [1.54, 1.807) is 0 Å². The largest absolute Gasteiger partial charge is 0.347 e. The van der Waals surface area contributed by atoms with Crippen molar-refractivity contribution in [2.24, 2.45) is 5.92 Å². The highest BCUT2D eigenvalue weighted by atomic mass is 16.2. The fraction of sp³-hybridized carbons (Fsp3) is 0.200. The Balaban J connectivity index is 1.41. The SMILES string of the molecule is O=C(NCc1cccc(NC(=O)C2CC2)c1)c1cnc2ccccc2n1. The lowest BCUT2D eigenvalue weighted by atomic mass is 10.2. The van der Waals surface area contributed by atoms with Gasteiger partial charge < -0.3 is 10.6 Å². The quantitative estimate of drug-likeness (QED) is 0.744. The van der Waals surface area contributed by atoms with E-state index in [0.29, 0.717) is 12.1 Å². The maximum Gasteiger partial charge on any atom is 0.271 e. The molecule has 0 bridgehead atoms. The zero-order chi connectivity index (χ0) is 17.9. The highest BCUT2D eigenvalue weighted by molar-refractivity contribution is 5.94. The van der Waals surface area contributed by atoms with Gasteiger partial charge in [0.25, 0.3) is 5.91 Å². The van der Waals surface area contributed by atoms with Gasteiger partial charge >= 0.3 is 0 Å². The Morgan fingerprint density at radius 1 is 1.04 bits per heavy atom. The fourth-order valence-corrected chi connectivity index (χ4v) is 2.69. The number of hydrogen-bond donors (Lipinski definition) is 2. The van der Waals surface area contributed by atoms with Crippen LogP contribution in [0.2, 0.25) is 0 Å². The average Bonchev–Trinajstić information content (AvgIpc) is 3.51. The third kappa shape index (κ3) is 3.69. The van der Waals surface area contributed by atoms with Crippen LogP contribution >= 0.6 is 0 Å². The van der Waals surface area contributed by atoms with Crippen molar-refractivity contribution < 1.29 is 9.59 Å². The van der Waals surface area contributed by atoms with Gasteiger partial charge in [0.2, 0.25) is 5.91 Å². The molecule has 1 fully saturated rings. The van der Waals surface area contributed by atoms with Crippen LogP contribution in [0.4, 0.5) is 5.69 Å². The van der Waals surface area contributed by atoms with Crippen molar-refractivity contribution in [1.82, 2.24) is 15.3 Å². The number of anilines is 1. The molecule has 26 heavy (non-hydrogen) atoms. The highest BCUT2D eigenvalue weighted by Gasteiger charge is 2.29. The Morgan fingerprint density at radius 2 is 1.85 bits per heavy atom. The van der Waals surface area contributed by atoms with Crippen LogP contribution in [0, 0.1) is 5.92 Å². The van der Waals surface area contributed by atoms with Crippen LogP contribution in [0.5, 0.6) is 0 Å². The van der Waals surface area contributed by atoms with Gasteiger partial charge in [-0.3, -0.25) is 14.6 Å². The van der Waals surface area contributed by atoms with Crippen molar-refractivity contribution in [3.05, 3.63) is 66.0 Å². The predicted molar refractivity (Wildman–Crippen MR) is 98.5 cm³/mol. The summed E-state index contributed by atoms with van der Waals surface area (Å²) in [7, 11) is 0. The Morgan fingerprint density at radius 3 is 2.65 bits per heavy atom. The second-order valence-corrected chi connectivity index (χ2v) is 6.39.